The average molecular weight is 170 g/mol. The molecule has 0 unspecified atom stereocenters. The van der Waals surface area contributed by atoms with Gasteiger partial charge in [-0.1, -0.05) is 20.8 Å². The molecule has 0 radical (unpaired) electrons. The zero-order chi connectivity index (χ0) is 8.48. The summed E-state index contributed by atoms with van der Waals surface area (Å²) >= 11 is 1.72. The Bertz CT molecular complexity index is 232. The number of aliphatic hydroxyl groups excluding tert-OH is 1. The zero-order valence-electron chi connectivity index (χ0n) is 7.22. The van der Waals surface area contributed by atoms with Gasteiger partial charge in [0.25, 0.3) is 0 Å². The summed E-state index contributed by atoms with van der Waals surface area (Å²) in [6.45, 7) is 6.70. The Balaban J connectivity index is 2.89. The fourth-order valence-electron chi connectivity index (χ4n) is 0.852. The largest absolute Gasteiger partial charge is 0.392 e. The first-order valence-electron chi connectivity index (χ1n) is 3.73. The summed E-state index contributed by atoms with van der Waals surface area (Å²) in [7, 11) is 0. The number of hydrogen-bond donors (Lipinski definition) is 1. The number of hydrogen-bond acceptors (Lipinski definition) is 2. The van der Waals surface area contributed by atoms with Crippen molar-refractivity contribution in [2.75, 3.05) is 0 Å². The van der Waals surface area contributed by atoms with Crippen molar-refractivity contribution in [3.05, 3.63) is 21.9 Å². The molecule has 0 saturated heterocycles. The first-order valence-corrected chi connectivity index (χ1v) is 4.61. The fraction of sp³-hybridized carbons (Fsp3) is 0.556. The van der Waals surface area contributed by atoms with Crippen molar-refractivity contribution in [1.29, 1.82) is 0 Å². The van der Waals surface area contributed by atoms with Gasteiger partial charge in [-0.25, -0.2) is 0 Å². The molecule has 1 N–H and O–H groups in total. The van der Waals surface area contributed by atoms with E-state index < -0.39 is 0 Å². The molecule has 0 spiro atoms. The lowest BCUT2D eigenvalue weighted by Gasteiger charge is -2.15. The first kappa shape index (κ1) is 8.75. The van der Waals surface area contributed by atoms with E-state index in [-0.39, 0.29) is 12.0 Å². The maximum absolute atomic E-state index is 8.82. The molecule has 1 aromatic rings. The zero-order valence-corrected chi connectivity index (χ0v) is 8.03. The van der Waals surface area contributed by atoms with Crippen LogP contribution >= 0.6 is 11.3 Å². The van der Waals surface area contributed by atoms with Crippen LogP contribution in [0.3, 0.4) is 0 Å². The Morgan fingerprint density at radius 3 is 2.36 bits per heavy atom. The number of aliphatic hydroxyl groups is 1. The van der Waals surface area contributed by atoms with Crippen LogP contribution < -0.4 is 0 Å². The van der Waals surface area contributed by atoms with Crippen molar-refractivity contribution >= 4 is 11.3 Å². The minimum atomic E-state index is 0.159. The Hall–Kier alpha value is -0.340. The van der Waals surface area contributed by atoms with Gasteiger partial charge in [0.05, 0.1) is 6.61 Å². The SMILES string of the molecule is CC(C)(C)c1cc(CO)cs1. The molecule has 0 aliphatic heterocycles. The van der Waals surface area contributed by atoms with Crippen molar-refractivity contribution in [3.63, 3.8) is 0 Å². The Labute approximate surface area is 71.7 Å². The summed E-state index contributed by atoms with van der Waals surface area (Å²) in [6.07, 6.45) is 0. The second-order valence-corrected chi connectivity index (χ2v) is 4.64. The molecule has 0 fully saturated rings. The molecule has 0 amide bonds. The summed E-state index contributed by atoms with van der Waals surface area (Å²) in [5, 5.41) is 10.8. The van der Waals surface area contributed by atoms with Crippen LogP contribution in [-0.4, -0.2) is 5.11 Å². The highest BCUT2D eigenvalue weighted by Gasteiger charge is 2.15. The van der Waals surface area contributed by atoms with Crippen molar-refractivity contribution in [3.8, 4) is 0 Å². The quantitative estimate of drug-likeness (QED) is 0.686. The molecule has 0 aliphatic rings. The maximum Gasteiger partial charge on any atom is 0.0690 e. The van der Waals surface area contributed by atoms with E-state index in [4.69, 9.17) is 5.11 Å². The lowest BCUT2D eigenvalue weighted by atomic mass is 9.94. The smallest absolute Gasteiger partial charge is 0.0690 e. The Morgan fingerprint density at radius 1 is 1.45 bits per heavy atom. The standard InChI is InChI=1S/C9H14OS/c1-9(2,3)8-4-7(5-10)6-11-8/h4,6,10H,5H2,1-3H3. The van der Waals surface area contributed by atoms with Gasteiger partial charge in [0, 0.05) is 4.88 Å². The molecule has 0 aromatic carbocycles. The van der Waals surface area contributed by atoms with E-state index in [1.165, 1.54) is 4.88 Å². The predicted molar refractivity (Wildman–Crippen MR) is 48.9 cm³/mol. The monoisotopic (exact) mass is 170 g/mol. The van der Waals surface area contributed by atoms with Crippen LogP contribution in [0.5, 0.6) is 0 Å². The van der Waals surface area contributed by atoms with E-state index in [1.54, 1.807) is 11.3 Å². The fourth-order valence-corrected chi connectivity index (χ4v) is 1.85. The lowest BCUT2D eigenvalue weighted by molar-refractivity contribution is 0.282. The molecule has 0 atom stereocenters. The molecule has 2 heteroatoms. The van der Waals surface area contributed by atoms with Crippen LogP contribution in [0.1, 0.15) is 31.2 Å². The maximum atomic E-state index is 8.82. The highest BCUT2D eigenvalue weighted by molar-refractivity contribution is 7.10. The predicted octanol–water partition coefficient (Wildman–Crippen LogP) is 2.54. The minimum Gasteiger partial charge on any atom is -0.392 e. The van der Waals surface area contributed by atoms with E-state index in [0.717, 1.165) is 5.56 Å². The van der Waals surface area contributed by atoms with E-state index >= 15 is 0 Å². The molecule has 0 bridgehead atoms. The van der Waals surface area contributed by atoms with Gasteiger partial charge >= 0.3 is 0 Å². The van der Waals surface area contributed by atoms with E-state index in [2.05, 4.69) is 26.8 Å². The Morgan fingerprint density at radius 2 is 2.09 bits per heavy atom. The topological polar surface area (TPSA) is 20.2 Å². The second-order valence-electron chi connectivity index (χ2n) is 3.73. The van der Waals surface area contributed by atoms with E-state index in [0.29, 0.717) is 0 Å². The molecule has 0 saturated carbocycles. The minimum absolute atomic E-state index is 0.159. The molecule has 0 aliphatic carbocycles. The molecule has 1 aromatic heterocycles. The third kappa shape index (κ3) is 2.04. The van der Waals surface area contributed by atoms with Crippen LogP contribution in [0, 0.1) is 0 Å². The molecular formula is C9H14OS. The van der Waals surface area contributed by atoms with Crippen LogP contribution in [0.2, 0.25) is 0 Å². The summed E-state index contributed by atoms with van der Waals surface area (Å²) in [6, 6.07) is 2.07. The van der Waals surface area contributed by atoms with Gasteiger partial charge in [0.1, 0.15) is 0 Å². The highest BCUT2D eigenvalue weighted by Crippen LogP contribution is 2.28. The van der Waals surface area contributed by atoms with Crippen LogP contribution in [0.15, 0.2) is 11.4 Å². The van der Waals surface area contributed by atoms with Gasteiger partial charge in [-0.2, -0.15) is 0 Å². The Kier molecular flexibility index (Phi) is 2.35. The summed E-state index contributed by atoms with van der Waals surface area (Å²) in [5.41, 5.74) is 1.25. The third-order valence-corrected chi connectivity index (χ3v) is 2.98. The van der Waals surface area contributed by atoms with Crippen LogP contribution in [-0.2, 0) is 12.0 Å². The van der Waals surface area contributed by atoms with E-state index in [9.17, 15) is 0 Å². The summed E-state index contributed by atoms with van der Waals surface area (Å²) in [5.74, 6) is 0. The molecule has 1 nitrogen and oxygen atoms in total. The normalized spacial score (nSPS) is 12.0. The van der Waals surface area contributed by atoms with Gasteiger partial charge in [0.15, 0.2) is 0 Å². The average Bonchev–Trinajstić information content (AvgIpc) is 2.32. The van der Waals surface area contributed by atoms with Gasteiger partial charge in [-0.05, 0) is 22.4 Å². The molecular weight excluding hydrogens is 156 g/mol. The van der Waals surface area contributed by atoms with Gasteiger partial charge in [-0.15, -0.1) is 11.3 Å². The van der Waals surface area contributed by atoms with Gasteiger partial charge in [0.2, 0.25) is 0 Å². The molecule has 11 heavy (non-hydrogen) atoms. The van der Waals surface area contributed by atoms with Crippen LogP contribution in [0.4, 0.5) is 0 Å². The highest BCUT2D eigenvalue weighted by atomic mass is 32.1. The third-order valence-electron chi connectivity index (χ3n) is 1.58. The summed E-state index contributed by atoms with van der Waals surface area (Å²) < 4.78 is 0. The van der Waals surface area contributed by atoms with Crippen molar-refractivity contribution in [2.45, 2.75) is 32.8 Å². The van der Waals surface area contributed by atoms with Crippen molar-refractivity contribution in [1.82, 2.24) is 0 Å². The molecule has 62 valence electrons. The molecule has 1 heterocycles. The van der Waals surface area contributed by atoms with E-state index in [1.807, 2.05) is 5.38 Å². The summed E-state index contributed by atoms with van der Waals surface area (Å²) in [4.78, 5) is 1.33. The van der Waals surface area contributed by atoms with Crippen molar-refractivity contribution in [2.24, 2.45) is 0 Å². The number of thiophene rings is 1. The second kappa shape index (κ2) is 2.95. The molecule has 1 rings (SSSR count). The van der Waals surface area contributed by atoms with Gasteiger partial charge in [-0.3, -0.25) is 0 Å². The van der Waals surface area contributed by atoms with Crippen molar-refractivity contribution < 1.29 is 5.11 Å². The van der Waals surface area contributed by atoms with Crippen LogP contribution in [0.25, 0.3) is 0 Å². The first-order chi connectivity index (χ1) is 5.04. The van der Waals surface area contributed by atoms with Gasteiger partial charge < -0.3 is 5.11 Å². The lowest BCUT2D eigenvalue weighted by Crippen LogP contribution is -2.07. The number of rotatable bonds is 1.